The normalized spacial score (nSPS) is 15.3. The van der Waals surface area contributed by atoms with Crippen LogP contribution in [0.1, 0.15) is 5.69 Å². The quantitative estimate of drug-likeness (QED) is 0.938. The van der Waals surface area contributed by atoms with Crippen LogP contribution in [0.3, 0.4) is 0 Å². The van der Waals surface area contributed by atoms with Gasteiger partial charge in [0.15, 0.2) is 0 Å². The molecule has 0 spiro atoms. The van der Waals surface area contributed by atoms with E-state index in [1.165, 1.54) is 6.07 Å². The van der Waals surface area contributed by atoms with Crippen LogP contribution in [0.2, 0.25) is 0 Å². The van der Waals surface area contributed by atoms with E-state index >= 15 is 0 Å². The van der Waals surface area contributed by atoms with E-state index in [1.807, 2.05) is 24.3 Å². The molecule has 0 aliphatic carbocycles. The summed E-state index contributed by atoms with van der Waals surface area (Å²) in [4.78, 5) is 8.63. The first-order valence-corrected chi connectivity index (χ1v) is 7.09. The first kappa shape index (κ1) is 13.8. The highest BCUT2D eigenvalue weighted by molar-refractivity contribution is 5.50. The van der Waals surface area contributed by atoms with Crippen molar-refractivity contribution in [1.29, 1.82) is 0 Å². The average molecular weight is 287 g/mol. The molecule has 1 saturated heterocycles. The van der Waals surface area contributed by atoms with Crippen LogP contribution in [0.25, 0.3) is 0 Å². The third kappa shape index (κ3) is 2.97. The van der Waals surface area contributed by atoms with E-state index in [-0.39, 0.29) is 12.4 Å². The van der Waals surface area contributed by atoms with Crippen LogP contribution in [0.15, 0.2) is 42.5 Å². The first-order chi connectivity index (χ1) is 10.3. The molecular weight excluding hydrogens is 269 g/mol. The predicted molar refractivity (Wildman–Crippen MR) is 81.0 cm³/mol. The Morgan fingerprint density at radius 1 is 0.952 bits per heavy atom. The molecule has 5 heteroatoms. The number of pyridine rings is 1. The van der Waals surface area contributed by atoms with Crippen molar-refractivity contribution in [3.8, 4) is 0 Å². The Bertz CT molecular complexity index is 612. The number of anilines is 2. The minimum Gasteiger partial charge on any atom is -0.390 e. The van der Waals surface area contributed by atoms with Crippen molar-refractivity contribution >= 4 is 11.5 Å². The van der Waals surface area contributed by atoms with Crippen LogP contribution in [0.4, 0.5) is 15.9 Å². The molecule has 1 N–H and O–H groups in total. The lowest BCUT2D eigenvalue weighted by Crippen LogP contribution is -2.47. The Hall–Kier alpha value is -2.14. The van der Waals surface area contributed by atoms with Crippen molar-refractivity contribution < 1.29 is 9.50 Å². The van der Waals surface area contributed by atoms with Gasteiger partial charge < -0.3 is 14.9 Å². The van der Waals surface area contributed by atoms with Crippen molar-refractivity contribution in [3.63, 3.8) is 0 Å². The van der Waals surface area contributed by atoms with Crippen LogP contribution in [0, 0.1) is 5.82 Å². The second-order valence-electron chi connectivity index (χ2n) is 5.07. The van der Waals surface area contributed by atoms with Gasteiger partial charge in [0.2, 0.25) is 0 Å². The SMILES string of the molecule is OCc1cccc(N2CCN(c3ccccc3F)CC2)n1. The third-order valence-corrected chi connectivity index (χ3v) is 3.75. The number of aromatic nitrogens is 1. The van der Waals surface area contributed by atoms with Gasteiger partial charge in [-0.3, -0.25) is 0 Å². The Kier molecular flexibility index (Phi) is 4.01. The second kappa shape index (κ2) is 6.10. The van der Waals surface area contributed by atoms with E-state index in [1.54, 1.807) is 12.1 Å². The third-order valence-electron chi connectivity index (χ3n) is 3.75. The number of piperazine rings is 1. The highest BCUT2D eigenvalue weighted by Crippen LogP contribution is 2.22. The molecule has 21 heavy (non-hydrogen) atoms. The minimum absolute atomic E-state index is 0.0525. The summed E-state index contributed by atoms with van der Waals surface area (Å²) in [6, 6.07) is 12.5. The maximum atomic E-state index is 13.8. The summed E-state index contributed by atoms with van der Waals surface area (Å²) < 4.78 is 13.8. The molecule has 1 aromatic carbocycles. The van der Waals surface area contributed by atoms with Crippen molar-refractivity contribution in [2.75, 3.05) is 36.0 Å². The van der Waals surface area contributed by atoms with Gasteiger partial charge in [0.05, 0.1) is 18.0 Å². The van der Waals surface area contributed by atoms with E-state index in [2.05, 4.69) is 14.8 Å². The summed E-state index contributed by atoms with van der Waals surface area (Å²) in [5.41, 5.74) is 1.33. The fourth-order valence-corrected chi connectivity index (χ4v) is 2.62. The zero-order valence-electron chi connectivity index (χ0n) is 11.7. The number of rotatable bonds is 3. The minimum atomic E-state index is -0.175. The highest BCUT2D eigenvalue weighted by atomic mass is 19.1. The number of aliphatic hydroxyl groups excluding tert-OH is 1. The Labute approximate surface area is 123 Å². The zero-order chi connectivity index (χ0) is 14.7. The average Bonchev–Trinajstić information content (AvgIpc) is 2.56. The van der Waals surface area contributed by atoms with Crippen molar-refractivity contribution in [2.24, 2.45) is 0 Å². The molecular formula is C16H18FN3O. The molecule has 1 aromatic heterocycles. The molecule has 1 aliphatic rings. The Morgan fingerprint density at radius 2 is 1.67 bits per heavy atom. The number of para-hydroxylation sites is 1. The lowest BCUT2D eigenvalue weighted by molar-refractivity contribution is 0.277. The molecule has 4 nitrogen and oxygen atoms in total. The molecule has 0 unspecified atom stereocenters. The van der Waals surface area contributed by atoms with Crippen LogP contribution in [-0.4, -0.2) is 36.3 Å². The summed E-state index contributed by atoms with van der Waals surface area (Å²) >= 11 is 0. The summed E-state index contributed by atoms with van der Waals surface area (Å²) in [6.45, 7) is 3.04. The second-order valence-corrected chi connectivity index (χ2v) is 5.07. The molecule has 1 aliphatic heterocycles. The number of halogens is 1. The number of hydrogen-bond acceptors (Lipinski definition) is 4. The maximum absolute atomic E-state index is 13.8. The Balaban J connectivity index is 1.69. The van der Waals surface area contributed by atoms with Gasteiger partial charge in [-0.15, -0.1) is 0 Å². The summed E-state index contributed by atoms with van der Waals surface area (Å²) in [7, 11) is 0. The van der Waals surface area contributed by atoms with Gasteiger partial charge in [-0.1, -0.05) is 18.2 Å². The van der Waals surface area contributed by atoms with Gasteiger partial charge in [0.1, 0.15) is 11.6 Å². The van der Waals surface area contributed by atoms with Crippen molar-refractivity contribution in [2.45, 2.75) is 6.61 Å². The molecule has 0 radical (unpaired) electrons. The van der Waals surface area contributed by atoms with E-state index in [0.29, 0.717) is 11.4 Å². The molecule has 3 rings (SSSR count). The lowest BCUT2D eigenvalue weighted by Gasteiger charge is -2.36. The molecule has 1 fully saturated rings. The summed E-state index contributed by atoms with van der Waals surface area (Å²) in [6.07, 6.45) is 0. The van der Waals surface area contributed by atoms with E-state index in [9.17, 15) is 4.39 Å². The van der Waals surface area contributed by atoms with Gasteiger partial charge >= 0.3 is 0 Å². The summed E-state index contributed by atoms with van der Waals surface area (Å²) in [5, 5.41) is 9.15. The van der Waals surface area contributed by atoms with E-state index in [0.717, 1.165) is 32.0 Å². The Morgan fingerprint density at radius 3 is 2.38 bits per heavy atom. The van der Waals surface area contributed by atoms with Crippen LogP contribution >= 0.6 is 0 Å². The van der Waals surface area contributed by atoms with Crippen LogP contribution < -0.4 is 9.80 Å². The van der Waals surface area contributed by atoms with Gasteiger partial charge in [0.25, 0.3) is 0 Å². The van der Waals surface area contributed by atoms with E-state index < -0.39 is 0 Å². The maximum Gasteiger partial charge on any atom is 0.146 e. The van der Waals surface area contributed by atoms with Crippen LogP contribution in [0.5, 0.6) is 0 Å². The number of hydrogen-bond donors (Lipinski definition) is 1. The van der Waals surface area contributed by atoms with Crippen molar-refractivity contribution in [1.82, 2.24) is 4.98 Å². The smallest absolute Gasteiger partial charge is 0.146 e. The predicted octanol–water partition coefficient (Wildman–Crippen LogP) is 2.04. The number of nitrogens with zero attached hydrogens (tertiary/aromatic N) is 3. The molecule has 2 heterocycles. The molecule has 0 saturated carbocycles. The number of benzene rings is 1. The fraction of sp³-hybridized carbons (Fsp3) is 0.312. The monoisotopic (exact) mass is 287 g/mol. The highest BCUT2D eigenvalue weighted by Gasteiger charge is 2.20. The molecule has 0 atom stereocenters. The van der Waals surface area contributed by atoms with E-state index in [4.69, 9.17) is 5.11 Å². The van der Waals surface area contributed by atoms with Gasteiger partial charge in [-0.2, -0.15) is 0 Å². The van der Waals surface area contributed by atoms with Gasteiger partial charge in [0, 0.05) is 26.2 Å². The largest absolute Gasteiger partial charge is 0.390 e. The molecule has 0 amide bonds. The van der Waals surface area contributed by atoms with Gasteiger partial charge in [-0.05, 0) is 24.3 Å². The van der Waals surface area contributed by atoms with Crippen molar-refractivity contribution in [3.05, 3.63) is 54.0 Å². The standard InChI is InChI=1S/C16H18FN3O/c17-14-5-1-2-6-15(14)19-8-10-20(11-9-19)16-7-3-4-13(12-21)18-16/h1-7,21H,8-12H2. The fourth-order valence-electron chi connectivity index (χ4n) is 2.62. The van der Waals surface area contributed by atoms with Crippen LogP contribution in [-0.2, 0) is 6.61 Å². The first-order valence-electron chi connectivity index (χ1n) is 7.09. The summed E-state index contributed by atoms with van der Waals surface area (Å²) in [5.74, 6) is 0.695. The number of aliphatic hydroxyl groups is 1. The molecule has 110 valence electrons. The zero-order valence-corrected chi connectivity index (χ0v) is 11.7. The topological polar surface area (TPSA) is 39.6 Å². The molecule has 2 aromatic rings. The van der Waals surface area contributed by atoms with Gasteiger partial charge in [-0.25, -0.2) is 9.37 Å². The molecule has 0 bridgehead atoms. The lowest BCUT2D eigenvalue weighted by atomic mass is 10.2.